The van der Waals surface area contributed by atoms with Gasteiger partial charge >= 0.3 is 12.1 Å². The largest absolute Gasteiger partial charge is 0.480 e. The van der Waals surface area contributed by atoms with E-state index in [4.69, 9.17) is 22.1 Å². The van der Waals surface area contributed by atoms with Crippen LogP contribution in [0.25, 0.3) is 5.69 Å². The number of carboxylic acid groups (broad SMARTS) is 1. The highest BCUT2D eigenvalue weighted by Crippen LogP contribution is 2.42. The maximum absolute atomic E-state index is 14.4. The number of aliphatic carboxylic acids is 1. The van der Waals surface area contributed by atoms with Crippen molar-refractivity contribution in [2.45, 2.75) is 44.5 Å². The second-order valence-corrected chi connectivity index (χ2v) is 10.5. The molecule has 2 aromatic heterocycles. The number of nitrogens with one attached hydrogen (secondary N) is 1. The lowest BCUT2D eigenvalue weighted by atomic mass is 9.76. The summed E-state index contributed by atoms with van der Waals surface area (Å²) in [6.45, 7) is 3.39. The van der Waals surface area contributed by atoms with Crippen molar-refractivity contribution in [1.29, 1.82) is 0 Å². The summed E-state index contributed by atoms with van der Waals surface area (Å²) in [5.41, 5.74) is 6.28. The zero-order chi connectivity index (χ0) is 27.9. The molecule has 39 heavy (non-hydrogen) atoms. The summed E-state index contributed by atoms with van der Waals surface area (Å²) in [4.78, 5) is 21.4. The van der Waals surface area contributed by atoms with Gasteiger partial charge in [0.1, 0.15) is 11.9 Å². The summed E-state index contributed by atoms with van der Waals surface area (Å²) in [5.74, 6) is -1.08. The third-order valence-corrected chi connectivity index (χ3v) is 7.53. The Morgan fingerprint density at radius 1 is 1.26 bits per heavy atom. The Labute approximate surface area is 226 Å². The van der Waals surface area contributed by atoms with Gasteiger partial charge in [-0.25, -0.2) is 4.68 Å². The molecule has 208 valence electrons. The van der Waals surface area contributed by atoms with Crippen molar-refractivity contribution >= 4 is 29.3 Å². The van der Waals surface area contributed by atoms with E-state index in [1.165, 1.54) is 28.9 Å². The van der Waals surface area contributed by atoms with E-state index in [2.05, 4.69) is 20.4 Å². The van der Waals surface area contributed by atoms with Gasteiger partial charge in [-0.2, -0.15) is 28.2 Å². The number of aromatic nitrogens is 4. The van der Waals surface area contributed by atoms with Gasteiger partial charge in [-0.3, -0.25) is 4.79 Å². The zero-order valence-corrected chi connectivity index (χ0v) is 21.7. The Morgan fingerprint density at radius 3 is 2.62 bits per heavy atom. The maximum atomic E-state index is 14.4. The normalized spacial score (nSPS) is 19.8. The SMILES string of the molecule is Cc1ccn(-c2cc(Cl)ccc2[C@@H](Oc2cc(N3CCC4(CC3)CNC(C(=O)O)C4)nc(N)n2)C(F)(F)F)n1. The van der Waals surface area contributed by atoms with Gasteiger partial charge in [0.15, 0.2) is 0 Å². The number of alkyl halides is 3. The van der Waals surface area contributed by atoms with Crippen LogP contribution >= 0.6 is 11.6 Å². The number of aryl methyl sites for hydroxylation is 1. The second kappa shape index (κ2) is 10.2. The molecule has 0 radical (unpaired) electrons. The quantitative estimate of drug-likeness (QED) is 0.407. The number of ether oxygens (including phenoxy) is 1. The Kier molecular flexibility index (Phi) is 7.06. The molecule has 4 N–H and O–H groups in total. The van der Waals surface area contributed by atoms with Gasteiger partial charge in [-0.05, 0) is 49.8 Å². The highest BCUT2D eigenvalue weighted by Gasteiger charge is 2.46. The van der Waals surface area contributed by atoms with Crippen LogP contribution in [-0.4, -0.2) is 62.7 Å². The average molecular weight is 566 g/mol. The highest BCUT2D eigenvalue weighted by molar-refractivity contribution is 6.30. The van der Waals surface area contributed by atoms with Gasteiger partial charge in [0.05, 0.1) is 11.4 Å². The molecule has 1 spiro atoms. The number of rotatable bonds is 6. The number of nitrogens with two attached hydrogens (primary N) is 1. The molecular formula is C25H27ClF3N7O3. The van der Waals surface area contributed by atoms with Crippen LogP contribution in [0.4, 0.5) is 24.9 Å². The number of halogens is 4. The van der Waals surface area contributed by atoms with Gasteiger partial charge in [0.2, 0.25) is 17.9 Å². The van der Waals surface area contributed by atoms with Gasteiger partial charge in [0, 0.05) is 42.5 Å². The van der Waals surface area contributed by atoms with Crippen LogP contribution in [0.1, 0.15) is 36.6 Å². The minimum Gasteiger partial charge on any atom is -0.480 e. The number of anilines is 2. The van der Waals surface area contributed by atoms with Crippen molar-refractivity contribution in [3.8, 4) is 11.6 Å². The molecule has 0 aliphatic carbocycles. The van der Waals surface area contributed by atoms with E-state index in [9.17, 15) is 23.1 Å². The third-order valence-electron chi connectivity index (χ3n) is 7.29. The lowest BCUT2D eigenvalue weighted by molar-refractivity contribution is -0.198. The van der Waals surface area contributed by atoms with E-state index >= 15 is 0 Å². The molecule has 0 bridgehead atoms. The summed E-state index contributed by atoms with van der Waals surface area (Å²) in [5, 5.41) is 16.9. The Morgan fingerprint density at radius 2 is 2.00 bits per heavy atom. The first-order chi connectivity index (χ1) is 18.4. The van der Waals surface area contributed by atoms with Crippen molar-refractivity contribution < 1.29 is 27.8 Å². The molecule has 3 aromatic rings. The monoisotopic (exact) mass is 565 g/mol. The Bertz CT molecular complexity index is 1380. The predicted octanol–water partition coefficient (Wildman–Crippen LogP) is 3.92. The van der Waals surface area contributed by atoms with Crippen molar-refractivity contribution in [3.63, 3.8) is 0 Å². The molecule has 14 heteroatoms. The number of carbonyl (C=O) groups is 1. The number of nitrogen functional groups attached to an aromatic ring is 1. The van der Waals surface area contributed by atoms with Crippen LogP contribution in [-0.2, 0) is 4.79 Å². The third kappa shape index (κ3) is 5.74. The second-order valence-electron chi connectivity index (χ2n) is 10.0. The summed E-state index contributed by atoms with van der Waals surface area (Å²) in [6, 6.07) is 6.43. The molecule has 2 fully saturated rings. The minimum atomic E-state index is -4.81. The van der Waals surface area contributed by atoms with Crippen molar-refractivity contribution in [2.24, 2.45) is 5.41 Å². The first kappa shape index (κ1) is 27.0. The van der Waals surface area contributed by atoms with Crippen molar-refractivity contribution in [2.75, 3.05) is 30.3 Å². The lowest BCUT2D eigenvalue weighted by Gasteiger charge is -2.39. The van der Waals surface area contributed by atoms with E-state index < -0.39 is 24.3 Å². The standard InChI is InChI=1S/C25H27ClF3N7O3/c1-14-4-7-36(34-14)18-10-15(26)2-3-16(18)21(25(27,28)29)39-20-11-19(32-23(30)33-20)35-8-5-24(6-9-35)12-17(22(37)38)31-13-24/h2-4,7,10-11,17,21,31H,5-6,8-9,12-13H2,1H3,(H,37,38)(H2,30,32,33)/t17?,21-/m1/s1. The molecule has 5 rings (SSSR count). The summed E-state index contributed by atoms with van der Waals surface area (Å²) < 4.78 is 49.9. The van der Waals surface area contributed by atoms with Gasteiger partial charge < -0.3 is 25.8 Å². The highest BCUT2D eigenvalue weighted by atomic mass is 35.5. The number of carboxylic acids is 1. The van der Waals surface area contributed by atoms with Crippen LogP contribution in [0.5, 0.6) is 5.88 Å². The maximum Gasteiger partial charge on any atom is 0.429 e. The molecule has 4 heterocycles. The van der Waals surface area contributed by atoms with E-state index in [0.717, 1.165) is 0 Å². The fourth-order valence-electron chi connectivity index (χ4n) is 5.25. The van der Waals surface area contributed by atoms with E-state index in [-0.39, 0.29) is 33.5 Å². The number of hydrogen-bond acceptors (Lipinski definition) is 8. The lowest BCUT2D eigenvalue weighted by Crippen LogP contribution is -2.41. The van der Waals surface area contributed by atoms with E-state index in [1.807, 2.05) is 4.90 Å². The molecule has 2 aliphatic heterocycles. The molecule has 10 nitrogen and oxygen atoms in total. The fraction of sp³-hybridized carbons (Fsp3) is 0.440. The van der Waals surface area contributed by atoms with Gasteiger partial charge in [-0.15, -0.1) is 0 Å². The fourth-order valence-corrected chi connectivity index (χ4v) is 5.42. The van der Waals surface area contributed by atoms with Crippen LogP contribution < -0.4 is 20.7 Å². The first-order valence-electron chi connectivity index (χ1n) is 12.3. The molecule has 0 saturated carbocycles. The topological polar surface area (TPSA) is 131 Å². The molecule has 2 saturated heterocycles. The van der Waals surface area contributed by atoms with Crippen LogP contribution in [0.2, 0.25) is 5.02 Å². The summed E-state index contributed by atoms with van der Waals surface area (Å²) in [6.07, 6.45) is -3.72. The Balaban J connectivity index is 1.40. The zero-order valence-electron chi connectivity index (χ0n) is 21.0. The van der Waals surface area contributed by atoms with E-state index in [0.29, 0.717) is 50.4 Å². The first-order valence-corrected chi connectivity index (χ1v) is 12.7. The smallest absolute Gasteiger partial charge is 0.429 e. The molecule has 0 amide bonds. The number of piperidine rings is 1. The van der Waals surface area contributed by atoms with Crippen LogP contribution in [0, 0.1) is 12.3 Å². The van der Waals surface area contributed by atoms with Gasteiger partial charge in [-0.1, -0.05) is 17.7 Å². The molecule has 1 unspecified atom stereocenters. The molecule has 2 aliphatic rings. The van der Waals surface area contributed by atoms with Gasteiger partial charge in [0.25, 0.3) is 0 Å². The average Bonchev–Trinajstić information content (AvgIpc) is 3.49. The summed E-state index contributed by atoms with van der Waals surface area (Å²) >= 11 is 6.11. The predicted molar refractivity (Wildman–Crippen MR) is 137 cm³/mol. The van der Waals surface area contributed by atoms with Crippen molar-refractivity contribution in [1.82, 2.24) is 25.1 Å². The molecular weight excluding hydrogens is 539 g/mol. The number of hydrogen-bond donors (Lipinski definition) is 3. The summed E-state index contributed by atoms with van der Waals surface area (Å²) in [7, 11) is 0. The minimum absolute atomic E-state index is 0.117. The molecule has 1 aromatic carbocycles. The Hall–Kier alpha value is -3.58. The molecule has 2 atom stereocenters. The number of benzene rings is 1. The van der Waals surface area contributed by atoms with Crippen LogP contribution in [0.15, 0.2) is 36.5 Å². The van der Waals surface area contributed by atoms with Crippen molar-refractivity contribution in [3.05, 3.63) is 52.8 Å². The van der Waals surface area contributed by atoms with Crippen LogP contribution in [0.3, 0.4) is 0 Å². The number of nitrogens with zero attached hydrogens (tertiary/aromatic N) is 5. The van der Waals surface area contributed by atoms with E-state index in [1.54, 1.807) is 19.2 Å².